The molecule has 92 valence electrons. The van der Waals surface area contributed by atoms with E-state index in [1.807, 2.05) is 0 Å². The number of rotatable bonds is 6. The van der Waals surface area contributed by atoms with Crippen molar-refractivity contribution in [1.82, 2.24) is 5.32 Å². The Labute approximate surface area is 99.1 Å². The Morgan fingerprint density at radius 1 is 1.24 bits per heavy atom. The Bertz CT molecular complexity index is 403. The zero-order chi connectivity index (χ0) is 12.7. The van der Waals surface area contributed by atoms with Gasteiger partial charge in [-0.15, -0.1) is 0 Å². The summed E-state index contributed by atoms with van der Waals surface area (Å²) in [4.78, 5) is 22.7. The van der Waals surface area contributed by atoms with Crippen molar-refractivity contribution < 1.29 is 19.8 Å². The summed E-state index contributed by atoms with van der Waals surface area (Å²) >= 11 is 0. The molecule has 3 N–H and O–H groups in total. The lowest BCUT2D eigenvalue weighted by Crippen LogP contribution is -2.28. The molecule has 0 radical (unpaired) electrons. The Morgan fingerprint density at radius 2 is 1.94 bits per heavy atom. The number of hydrogen-bond acceptors (Lipinski definition) is 4. The highest BCUT2D eigenvalue weighted by Gasteiger charge is 2.11. The molecule has 5 nitrogen and oxygen atoms in total. The Morgan fingerprint density at radius 3 is 2.59 bits per heavy atom. The van der Waals surface area contributed by atoms with Gasteiger partial charge in [-0.1, -0.05) is 18.2 Å². The molecule has 0 fully saturated rings. The third-order valence-corrected chi connectivity index (χ3v) is 2.17. The van der Waals surface area contributed by atoms with Gasteiger partial charge in [-0.25, -0.2) is 0 Å². The van der Waals surface area contributed by atoms with E-state index in [0.29, 0.717) is 5.56 Å². The number of ketones is 1. The zero-order valence-electron chi connectivity index (χ0n) is 9.35. The van der Waals surface area contributed by atoms with E-state index in [0.717, 1.165) is 0 Å². The molecule has 17 heavy (non-hydrogen) atoms. The SMILES string of the molecule is O=C(CC(=O)NCCO)Cc1ccccc1O. The summed E-state index contributed by atoms with van der Waals surface area (Å²) in [5, 5.41) is 20.3. The van der Waals surface area contributed by atoms with E-state index >= 15 is 0 Å². The van der Waals surface area contributed by atoms with Gasteiger partial charge in [-0.3, -0.25) is 9.59 Å². The molecule has 0 atom stereocenters. The number of phenolic OH excluding ortho intramolecular Hbond substituents is 1. The van der Waals surface area contributed by atoms with Crippen molar-refractivity contribution in [3.05, 3.63) is 29.8 Å². The van der Waals surface area contributed by atoms with Crippen LogP contribution in [0.25, 0.3) is 0 Å². The van der Waals surface area contributed by atoms with Gasteiger partial charge in [0, 0.05) is 18.5 Å². The van der Waals surface area contributed by atoms with Crippen LogP contribution in [-0.4, -0.2) is 35.1 Å². The maximum atomic E-state index is 11.5. The minimum Gasteiger partial charge on any atom is -0.508 e. The van der Waals surface area contributed by atoms with Crippen LogP contribution in [0.2, 0.25) is 0 Å². The number of amides is 1. The Hall–Kier alpha value is -1.88. The van der Waals surface area contributed by atoms with Crippen molar-refractivity contribution in [3.8, 4) is 5.75 Å². The fraction of sp³-hybridized carbons (Fsp3) is 0.333. The second-order valence-corrected chi connectivity index (χ2v) is 3.59. The summed E-state index contributed by atoms with van der Waals surface area (Å²) in [5.41, 5.74) is 0.507. The molecule has 5 heteroatoms. The molecule has 1 rings (SSSR count). The first-order valence-corrected chi connectivity index (χ1v) is 5.29. The standard InChI is InChI=1S/C12H15NO4/c14-6-5-13-12(17)8-10(15)7-9-3-1-2-4-11(9)16/h1-4,14,16H,5-8H2,(H,13,17). The lowest BCUT2D eigenvalue weighted by molar-refractivity contribution is -0.127. The molecular formula is C12H15NO4. The number of phenols is 1. The molecule has 0 unspecified atom stereocenters. The number of carbonyl (C=O) groups is 2. The number of aliphatic hydroxyl groups is 1. The van der Waals surface area contributed by atoms with Gasteiger partial charge in [0.15, 0.2) is 0 Å². The molecule has 1 amide bonds. The molecule has 0 heterocycles. The van der Waals surface area contributed by atoms with E-state index in [2.05, 4.69) is 5.32 Å². The van der Waals surface area contributed by atoms with Crippen molar-refractivity contribution >= 4 is 11.7 Å². The second kappa shape index (κ2) is 6.65. The predicted molar refractivity (Wildman–Crippen MR) is 61.5 cm³/mol. The average Bonchev–Trinajstić information content (AvgIpc) is 2.29. The smallest absolute Gasteiger partial charge is 0.227 e. The van der Waals surface area contributed by atoms with E-state index in [1.54, 1.807) is 18.2 Å². The van der Waals surface area contributed by atoms with Crippen molar-refractivity contribution in [2.75, 3.05) is 13.2 Å². The van der Waals surface area contributed by atoms with Crippen LogP contribution in [0.4, 0.5) is 0 Å². The van der Waals surface area contributed by atoms with Crippen molar-refractivity contribution in [2.45, 2.75) is 12.8 Å². The Kier molecular flexibility index (Phi) is 5.16. The second-order valence-electron chi connectivity index (χ2n) is 3.59. The molecule has 0 saturated carbocycles. The molecule has 0 saturated heterocycles. The molecule has 0 bridgehead atoms. The number of nitrogens with one attached hydrogen (secondary N) is 1. The van der Waals surface area contributed by atoms with E-state index in [4.69, 9.17) is 5.11 Å². The van der Waals surface area contributed by atoms with Gasteiger partial charge in [0.25, 0.3) is 0 Å². The number of benzene rings is 1. The number of aromatic hydroxyl groups is 1. The van der Waals surface area contributed by atoms with Crippen LogP contribution < -0.4 is 5.32 Å². The van der Waals surface area contributed by atoms with Crippen LogP contribution in [0.3, 0.4) is 0 Å². The van der Waals surface area contributed by atoms with Crippen LogP contribution in [0.5, 0.6) is 5.75 Å². The van der Waals surface area contributed by atoms with Gasteiger partial charge in [0.1, 0.15) is 11.5 Å². The lowest BCUT2D eigenvalue weighted by atomic mass is 10.1. The quantitative estimate of drug-likeness (QED) is 0.608. The van der Waals surface area contributed by atoms with Crippen LogP contribution in [0.1, 0.15) is 12.0 Å². The molecule has 1 aromatic rings. The first-order valence-electron chi connectivity index (χ1n) is 5.29. The van der Waals surface area contributed by atoms with Crippen molar-refractivity contribution in [1.29, 1.82) is 0 Å². The molecule has 0 aliphatic rings. The van der Waals surface area contributed by atoms with E-state index in [-0.39, 0.29) is 37.5 Å². The third kappa shape index (κ3) is 4.65. The van der Waals surface area contributed by atoms with Gasteiger partial charge >= 0.3 is 0 Å². The van der Waals surface area contributed by atoms with Gasteiger partial charge < -0.3 is 15.5 Å². The summed E-state index contributed by atoms with van der Waals surface area (Å²) in [6, 6.07) is 6.51. The van der Waals surface area contributed by atoms with Crippen LogP contribution in [0, 0.1) is 0 Å². The number of carbonyl (C=O) groups excluding carboxylic acids is 2. The summed E-state index contributed by atoms with van der Waals surface area (Å²) in [6.07, 6.45) is -0.215. The van der Waals surface area contributed by atoms with Crippen molar-refractivity contribution in [3.63, 3.8) is 0 Å². The van der Waals surface area contributed by atoms with Crippen LogP contribution in [-0.2, 0) is 16.0 Å². The van der Waals surface area contributed by atoms with E-state index in [1.165, 1.54) is 6.07 Å². The highest BCUT2D eigenvalue weighted by molar-refractivity contribution is 5.99. The summed E-state index contributed by atoms with van der Waals surface area (Å²) < 4.78 is 0. The third-order valence-electron chi connectivity index (χ3n) is 2.17. The number of hydrogen-bond donors (Lipinski definition) is 3. The zero-order valence-corrected chi connectivity index (χ0v) is 9.35. The highest BCUT2D eigenvalue weighted by atomic mass is 16.3. The van der Waals surface area contributed by atoms with E-state index in [9.17, 15) is 14.7 Å². The van der Waals surface area contributed by atoms with Gasteiger partial charge in [-0.2, -0.15) is 0 Å². The van der Waals surface area contributed by atoms with E-state index < -0.39 is 5.91 Å². The normalized spacial score (nSPS) is 9.94. The molecule has 0 aromatic heterocycles. The molecule has 0 aliphatic carbocycles. The topological polar surface area (TPSA) is 86.6 Å². The Balaban J connectivity index is 2.45. The van der Waals surface area contributed by atoms with Crippen LogP contribution in [0.15, 0.2) is 24.3 Å². The van der Waals surface area contributed by atoms with Gasteiger partial charge in [0.2, 0.25) is 5.91 Å². The van der Waals surface area contributed by atoms with Crippen molar-refractivity contribution in [2.24, 2.45) is 0 Å². The number of Topliss-reactive ketones (excluding diaryl/α,β-unsaturated/α-hetero) is 1. The molecule has 0 spiro atoms. The molecule has 0 aliphatic heterocycles. The first kappa shape index (κ1) is 13.2. The van der Waals surface area contributed by atoms with Gasteiger partial charge in [-0.05, 0) is 6.07 Å². The summed E-state index contributed by atoms with van der Waals surface area (Å²) in [7, 11) is 0. The minimum absolute atomic E-state index is 0.0270. The highest BCUT2D eigenvalue weighted by Crippen LogP contribution is 2.16. The lowest BCUT2D eigenvalue weighted by Gasteiger charge is -2.04. The first-order chi connectivity index (χ1) is 8.13. The minimum atomic E-state index is -0.417. The fourth-order valence-corrected chi connectivity index (χ4v) is 1.37. The number of aliphatic hydroxyl groups excluding tert-OH is 1. The summed E-state index contributed by atoms with van der Waals surface area (Å²) in [6.45, 7) is -0.0118. The monoisotopic (exact) mass is 237 g/mol. The average molecular weight is 237 g/mol. The fourth-order valence-electron chi connectivity index (χ4n) is 1.37. The summed E-state index contributed by atoms with van der Waals surface area (Å²) in [5.74, 6) is -0.641. The predicted octanol–water partition coefficient (Wildman–Crippen LogP) is 0.00240. The number of para-hydroxylation sites is 1. The van der Waals surface area contributed by atoms with Gasteiger partial charge in [0.05, 0.1) is 13.0 Å². The maximum absolute atomic E-state index is 11.5. The maximum Gasteiger partial charge on any atom is 0.227 e. The largest absolute Gasteiger partial charge is 0.508 e. The molecule has 1 aromatic carbocycles. The van der Waals surface area contributed by atoms with Crippen LogP contribution >= 0.6 is 0 Å². The molecular weight excluding hydrogens is 222 g/mol.